The fourth-order valence-corrected chi connectivity index (χ4v) is 2.92. The largest absolute Gasteiger partial charge is 0.361 e. The summed E-state index contributed by atoms with van der Waals surface area (Å²) < 4.78 is 5.15. The van der Waals surface area contributed by atoms with E-state index < -0.39 is 0 Å². The number of rotatable bonds is 3. The fraction of sp³-hybridized carbons (Fsp3) is 0.412. The standard InChI is InChI=1S/C17H21N3O2/c1-3-13-6-4-7-14(11-13)18-17(21)20-9-5-8-16(20)15-10-12(2)22-19-15/h4,6-7,10-11,16H,3,5,8-9H2,1-2H3,(H,18,21)/t16-/m1/s1. The van der Waals surface area contributed by atoms with Crippen LogP contribution in [0, 0.1) is 6.92 Å². The summed E-state index contributed by atoms with van der Waals surface area (Å²) in [7, 11) is 0. The predicted octanol–water partition coefficient (Wildman–Crippen LogP) is 3.91. The van der Waals surface area contributed by atoms with Gasteiger partial charge in [0.1, 0.15) is 11.5 Å². The summed E-state index contributed by atoms with van der Waals surface area (Å²) in [4.78, 5) is 14.4. The van der Waals surface area contributed by atoms with Crippen LogP contribution in [0.5, 0.6) is 0 Å². The molecule has 1 aromatic carbocycles. The first kappa shape index (κ1) is 14.6. The minimum absolute atomic E-state index is 0.00630. The van der Waals surface area contributed by atoms with E-state index in [-0.39, 0.29) is 12.1 Å². The zero-order valence-electron chi connectivity index (χ0n) is 13.0. The number of urea groups is 1. The second-order valence-electron chi connectivity index (χ2n) is 5.70. The Bertz CT molecular complexity index is 665. The lowest BCUT2D eigenvalue weighted by molar-refractivity contribution is 0.204. The van der Waals surface area contributed by atoms with Gasteiger partial charge < -0.3 is 14.7 Å². The first-order valence-electron chi connectivity index (χ1n) is 7.77. The number of aromatic nitrogens is 1. The molecule has 1 fully saturated rings. The number of nitrogens with zero attached hydrogens (tertiary/aromatic N) is 2. The Morgan fingerprint density at radius 3 is 3.05 bits per heavy atom. The van der Waals surface area contributed by atoms with E-state index in [4.69, 9.17) is 4.52 Å². The number of benzene rings is 1. The van der Waals surface area contributed by atoms with Gasteiger partial charge in [-0.3, -0.25) is 0 Å². The fourth-order valence-electron chi connectivity index (χ4n) is 2.92. The van der Waals surface area contributed by atoms with E-state index in [0.717, 1.165) is 42.9 Å². The van der Waals surface area contributed by atoms with Crippen LogP contribution in [0.15, 0.2) is 34.9 Å². The Kier molecular flexibility index (Phi) is 4.13. The molecule has 5 nitrogen and oxygen atoms in total. The van der Waals surface area contributed by atoms with Crippen molar-refractivity contribution in [3.05, 3.63) is 47.3 Å². The molecule has 1 N–H and O–H groups in total. The molecule has 0 saturated carbocycles. The van der Waals surface area contributed by atoms with Crippen molar-refractivity contribution in [2.75, 3.05) is 11.9 Å². The van der Waals surface area contributed by atoms with Crippen LogP contribution >= 0.6 is 0 Å². The highest BCUT2D eigenvalue weighted by atomic mass is 16.5. The molecule has 1 saturated heterocycles. The maximum atomic E-state index is 12.6. The lowest BCUT2D eigenvalue weighted by atomic mass is 10.1. The molecule has 1 aliphatic heterocycles. The third kappa shape index (κ3) is 2.98. The predicted molar refractivity (Wildman–Crippen MR) is 84.8 cm³/mol. The lowest BCUT2D eigenvalue weighted by Crippen LogP contribution is -2.34. The molecule has 2 aromatic rings. The van der Waals surface area contributed by atoms with E-state index in [9.17, 15) is 4.79 Å². The Hall–Kier alpha value is -2.30. The summed E-state index contributed by atoms with van der Waals surface area (Å²) in [6.45, 7) is 4.71. The van der Waals surface area contributed by atoms with Crippen molar-refractivity contribution in [2.24, 2.45) is 0 Å². The number of likely N-dealkylation sites (tertiary alicyclic amines) is 1. The molecule has 1 atom stereocenters. The summed E-state index contributed by atoms with van der Waals surface area (Å²) in [5.74, 6) is 0.776. The molecule has 2 amide bonds. The van der Waals surface area contributed by atoms with Crippen molar-refractivity contribution in [3.63, 3.8) is 0 Å². The van der Waals surface area contributed by atoms with Gasteiger partial charge in [-0.15, -0.1) is 0 Å². The van der Waals surface area contributed by atoms with E-state index >= 15 is 0 Å². The highest BCUT2D eigenvalue weighted by Gasteiger charge is 2.32. The quantitative estimate of drug-likeness (QED) is 0.934. The molecule has 116 valence electrons. The van der Waals surface area contributed by atoms with Crippen molar-refractivity contribution in [1.82, 2.24) is 10.1 Å². The maximum Gasteiger partial charge on any atom is 0.322 e. The number of carbonyl (C=O) groups excluding carboxylic acids is 1. The monoisotopic (exact) mass is 299 g/mol. The van der Waals surface area contributed by atoms with Gasteiger partial charge in [0, 0.05) is 18.3 Å². The minimum Gasteiger partial charge on any atom is -0.361 e. The molecular weight excluding hydrogens is 278 g/mol. The highest BCUT2D eigenvalue weighted by molar-refractivity contribution is 5.89. The number of carbonyl (C=O) groups is 1. The molecule has 0 radical (unpaired) electrons. The zero-order chi connectivity index (χ0) is 15.5. The molecule has 1 aliphatic rings. The molecule has 0 bridgehead atoms. The number of amides is 2. The number of anilines is 1. The van der Waals surface area contributed by atoms with Crippen molar-refractivity contribution in [2.45, 2.75) is 39.2 Å². The third-order valence-corrected chi connectivity index (χ3v) is 4.09. The summed E-state index contributed by atoms with van der Waals surface area (Å²) in [5.41, 5.74) is 2.89. The second-order valence-corrected chi connectivity index (χ2v) is 5.70. The summed E-state index contributed by atoms with van der Waals surface area (Å²) in [6.07, 6.45) is 2.86. The van der Waals surface area contributed by atoms with Crippen LogP contribution in [0.3, 0.4) is 0 Å². The van der Waals surface area contributed by atoms with Crippen molar-refractivity contribution < 1.29 is 9.32 Å². The van der Waals surface area contributed by atoms with Crippen molar-refractivity contribution >= 4 is 11.7 Å². The van der Waals surface area contributed by atoms with E-state index in [2.05, 4.69) is 23.5 Å². The Balaban J connectivity index is 1.73. The SMILES string of the molecule is CCc1cccc(NC(=O)N2CCC[C@@H]2c2cc(C)on2)c1. The zero-order valence-corrected chi connectivity index (χ0v) is 13.0. The molecule has 22 heavy (non-hydrogen) atoms. The van der Waals surface area contributed by atoms with Gasteiger partial charge in [-0.1, -0.05) is 24.2 Å². The lowest BCUT2D eigenvalue weighted by Gasteiger charge is -2.23. The molecule has 0 unspecified atom stereocenters. The average molecular weight is 299 g/mol. The van der Waals surface area contributed by atoms with Crippen LogP contribution in [-0.4, -0.2) is 22.6 Å². The number of aryl methyl sites for hydroxylation is 2. The summed E-state index contributed by atoms with van der Waals surface area (Å²) in [5, 5.41) is 7.06. The first-order valence-corrected chi connectivity index (χ1v) is 7.77. The molecule has 0 aliphatic carbocycles. The first-order chi connectivity index (χ1) is 10.7. The van der Waals surface area contributed by atoms with Crippen LogP contribution in [0.2, 0.25) is 0 Å². The number of nitrogens with one attached hydrogen (secondary N) is 1. The van der Waals surface area contributed by atoms with Gasteiger partial charge in [-0.25, -0.2) is 4.79 Å². The average Bonchev–Trinajstić information content (AvgIpc) is 3.15. The van der Waals surface area contributed by atoms with Gasteiger partial charge in [0.15, 0.2) is 0 Å². The summed E-state index contributed by atoms with van der Waals surface area (Å²) >= 11 is 0. The van der Waals surface area contributed by atoms with Crippen LogP contribution in [0.4, 0.5) is 10.5 Å². The number of hydrogen-bond acceptors (Lipinski definition) is 3. The Labute approximate surface area is 130 Å². The normalized spacial score (nSPS) is 17.7. The number of hydrogen-bond donors (Lipinski definition) is 1. The van der Waals surface area contributed by atoms with E-state index in [0.29, 0.717) is 0 Å². The second kappa shape index (κ2) is 6.22. The van der Waals surface area contributed by atoms with Gasteiger partial charge in [-0.05, 0) is 43.9 Å². The Morgan fingerprint density at radius 1 is 1.45 bits per heavy atom. The van der Waals surface area contributed by atoms with Crippen LogP contribution in [0.25, 0.3) is 0 Å². The van der Waals surface area contributed by atoms with Gasteiger partial charge in [0.2, 0.25) is 0 Å². The minimum atomic E-state index is -0.0728. The van der Waals surface area contributed by atoms with E-state index in [1.165, 1.54) is 5.56 Å². The smallest absolute Gasteiger partial charge is 0.322 e. The summed E-state index contributed by atoms with van der Waals surface area (Å²) in [6, 6.07) is 9.81. The van der Waals surface area contributed by atoms with Crippen molar-refractivity contribution in [1.29, 1.82) is 0 Å². The van der Waals surface area contributed by atoms with Crippen molar-refractivity contribution in [3.8, 4) is 0 Å². The molecule has 1 aromatic heterocycles. The van der Waals surface area contributed by atoms with Crippen LogP contribution in [0.1, 0.15) is 42.8 Å². The van der Waals surface area contributed by atoms with Gasteiger partial charge in [0.05, 0.1) is 6.04 Å². The van der Waals surface area contributed by atoms with Gasteiger partial charge in [0.25, 0.3) is 0 Å². The topological polar surface area (TPSA) is 58.4 Å². The Morgan fingerprint density at radius 2 is 2.32 bits per heavy atom. The molecule has 0 spiro atoms. The van der Waals surface area contributed by atoms with E-state index in [1.54, 1.807) is 0 Å². The third-order valence-electron chi connectivity index (χ3n) is 4.09. The molecular formula is C17H21N3O2. The van der Waals surface area contributed by atoms with Crippen LogP contribution < -0.4 is 5.32 Å². The maximum absolute atomic E-state index is 12.6. The molecule has 2 heterocycles. The van der Waals surface area contributed by atoms with Crippen LogP contribution in [-0.2, 0) is 6.42 Å². The van der Waals surface area contributed by atoms with Gasteiger partial charge >= 0.3 is 6.03 Å². The van der Waals surface area contributed by atoms with E-state index in [1.807, 2.05) is 36.1 Å². The van der Waals surface area contributed by atoms with Gasteiger partial charge in [-0.2, -0.15) is 0 Å². The molecule has 5 heteroatoms. The molecule has 3 rings (SSSR count). The highest BCUT2D eigenvalue weighted by Crippen LogP contribution is 2.32.